The van der Waals surface area contributed by atoms with E-state index in [2.05, 4.69) is 13.8 Å². The highest BCUT2D eigenvalue weighted by molar-refractivity contribution is 7.88. The monoisotopic (exact) mass is 248 g/mol. The molecule has 2 atom stereocenters. The summed E-state index contributed by atoms with van der Waals surface area (Å²) in [5.41, 5.74) is 6.03. The molecule has 96 valence electrons. The van der Waals surface area contributed by atoms with Crippen LogP contribution in [0.3, 0.4) is 0 Å². The summed E-state index contributed by atoms with van der Waals surface area (Å²) in [4.78, 5) is 0. The topological polar surface area (TPSA) is 63.4 Å². The lowest BCUT2D eigenvalue weighted by Gasteiger charge is -2.32. The van der Waals surface area contributed by atoms with Gasteiger partial charge in [0.2, 0.25) is 10.0 Å². The van der Waals surface area contributed by atoms with Gasteiger partial charge in [0.05, 0.1) is 6.26 Å². The van der Waals surface area contributed by atoms with Gasteiger partial charge in [-0.2, -0.15) is 0 Å². The van der Waals surface area contributed by atoms with Crippen molar-refractivity contribution in [3.63, 3.8) is 0 Å². The summed E-state index contributed by atoms with van der Waals surface area (Å²) >= 11 is 0. The molecule has 0 radical (unpaired) electrons. The molecular formula is C11H24N2O2S. The van der Waals surface area contributed by atoms with E-state index in [-0.39, 0.29) is 6.04 Å². The van der Waals surface area contributed by atoms with Gasteiger partial charge in [0.15, 0.2) is 0 Å². The summed E-state index contributed by atoms with van der Waals surface area (Å²) in [5.74, 6) is 0.898. The van der Waals surface area contributed by atoms with Gasteiger partial charge in [0.1, 0.15) is 0 Å². The molecule has 0 spiro atoms. The van der Waals surface area contributed by atoms with Crippen molar-refractivity contribution in [1.29, 1.82) is 0 Å². The smallest absolute Gasteiger partial charge is 0.211 e. The maximum atomic E-state index is 11.4. The first-order chi connectivity index (χ1) is 7.30. The van der Waals surface area contributed by atoms with Gasteiger partial charge in [-0.05, 0) is 31.1 Å². The molecule has 0 bridgehead atoms. The number of rotatable bonds is 4. The number of sulfonamides is 1. The van der Waals surface area contributed by atoms with E-state index in [1.807, 2.05) is 0 Å². The molecule has 1 aliphatic rings. The molecule has 1 saturated heterocycles. The first-order valence-electron chi connectivity index (χ1n) is 6.01. The molecule has 1 fully saturated rings. The zero-order valence-electron chi connectivity index (χ0n) is 10.5. The predicted molar refractivity (Wildman–Crippen MR) is 66.6 cm³/mol. The number of nitrogens with two attached hydrogens (primary N) is 1. The summed E-state index contributed by atoms with van der Waals surface area (Å²) in [6.07, 6.45) is 4.29. The van der Waals surface area contributed by atoms with Gasteiger partial charge in [0.25, 0.3) is 0 Å². The lowest BCUT2D eigenvalue weighted by atomic mass is 9.88. The molecule has 0 aromatic rings. The van der Waals surface area contributed by atoms with Gasteiger partial charge in [-0.25, -0.2) is 12.7 Å². The van der Waals surface area contributed by atoms with Gasteiger partial charge >= 0.3 is 0 Å². The summed E-state index contributed by atoms with van der Waals surface area (Å²) in [6, 6.07) is 0.185. The molecule has 0 aromatic heterocycles. The van der Waals surface area contributed by atoms with E-state index in [0.717, 1.165) is 19.3 Å². The fourth-order valence-corrected chi connectivity index (χ4v) is 3.12. The standard InChI is InChI=1S/C11H24N2O2S/c1-9(2)11(12)7-10-5-4-6-13(8-10)16(3,14)15/h9-11H,4-8,12H2,1-3H3. The minimum atomic E-state index is -3.02. The molecule has 0 aliphatic carbocycles. The third-order valence-corrected chi connectivity index (χ3v) is 4.68. The first kappa shape index (κ1) is 13.9. The third-order valence-electron chi connectivity index (χ3n) is 3.41. The van der Waals surface area contributed by atoms with Gasteiger partial charge in [-0.3, -0.25) is 0 Å². The molecule has 0 aromatic carbocycles. The predicted octanol–water partition coefficient (Wildman–Crippen LogP) is 1.03. The van der Waals surface area contributed by atoms with Crippen molar-refractivity contribution in [2.24, 2.45) is 17.6 Å². The second kappa shape index (κ2) is 5.47. The van der Waals surface area contributed by atoms with E-state index in [9.17, 15) is 8.42 Å². The Morgan fingerprint density at radius 1 is 1.44 bits per heavy atom. The van der Waals surface area contributed by atoms with Crippen LogP contribution in [-0.4, -0.2) is 38.1 Å². The van der Waals surface area contributed by atoms with Gasteiger partial charge in [-0.15, -0.1) is 0 Å². The van der Waals surface area contributed by atoms with Crippen LogP contribution in [0.4, 0.5) is 0 Å². The Labute approximate surface area is 99.2 Å². The molecule has 16 heavy (non-hydrogen) atoms. The van der Waals surface area contributed by atoms with Crippen molar-refractivity contribution in [2.75, 3.05) is 19.3 Å². The Morgan fingerprint density at radius 2 is 2.06 bits per heavy atom. The molecule has 0 amide bonds. The molecular weight excluding hydrogens is 224 g/mol. The molecule has 1 rings (SSSR count). The highest BCUT2D eigenvalue weighted by Crippen LogP contribution is 2.23. The fourth-order valence-electron chi connectivity index (χ4n) is 2.18. The number of piperidine rings is 1. The average Bonchev–Trinajstić information content (AvgIpc) is 2.16. The number of nitrogens with zero attached hydrogens (tertiary/aromatic N) is 1. The van der Waals surface area contributed by atoms with Crippen LogP contribution in [0.1, 0.15) is 33.1 Å². The van der Waals surface area contributed by atoms with Gasteiger partial charge in [0, 0.05) is 19.1 Å². The Kier molecular flexibility index (Phi) is 4.76. The molecule has 1 aliphatic heterocycles. The van der Waals surface area contributed by atoms with Crippen LogP contribution in [0.5, 0.6) is 0 Å². The van der Waals surface area contributed by atoms with E-state index in [4.69, 9.17) is 5.73 Å². The zero-order chi connectivity index (χ0) is 12.3. The van der Waals surface area contributed by atoms with Gasteiger partial charge < -0.3 is 5.73 Å². The fraction of sp³-hybridized carbons (Fsp3) is 1.00. The molecule has 5 heteroatoms. The van der Waals surface area contributed by atoms with Crippen molar-refractivity contribution in [3.8, 4) is 0 Å². The van der Waals surface area contributed by atoms with Crippen LogP contribution < -0.4 is 5.73 Å². The van der Waals surface area contributed by atoms with Crippen molar-refractivity contribution < 1.29 is 8.42 Å². The van der Waals surface area contributed by atoms with Crippen molar-refractivity contribution in [3.05, 3.63) is 0 Å². The van der Waals surface area contributed by atoms with Crippen LogP contribution in [0, 0.1) is 11.8 Å². The SMILES string of the molecule is CC(C)C(N)CC1CCCN(S(C)(=O)=O)C1. The Bertz CT molecular complexity index is 314. The minimum absolute atomic E-state index is 0.185. The lowest BCUT2D eigenvalue weighted by molar-refractivity contribution is 0.235. The van der Waals surface area contributed by atoms with E-state index in [1.165, 1.54) is 6.26 Å². The Hall–Kier alpha value is -0.130. The van der Waals surface area contributed by atoms with E-state index >= 15 is 0 Å². The molecule has 1 heterocycles. The number of hydrogen-bond donors (Lipinski definition) is 1. The van der Waals surface area contributed by atoms with Crippen molar-refractivity contribution in [2.45, 2.75) is 39.2 Å². The first-order valence-corrected chi connectivity index (χ1v) is 7.86. The summed E-state index contributed by atoms with van der Waals surface area (Å²) in [6.45, 7) is 5.55. The summed E-state index contributed by atoms with van der Waals surface area (Å²) in [7, 11) is -3.02. The van der Waals surface area contributed by atoms with Crippen LogP contribution in [0.25, 0.3) is 0 Å². The second-order valence-electron chi connectivity index (χ2n) is 5.27. The minimum Gasteiger partial charge on any atom is -0.327 e. The molecule has 0 saturated carbocycles. The quantitative estimate of drug-likeness (QED) is 0.808. The highest BCUT2D eigenvalue weighted by atomic mass is 32.2. The third kappa shape index (κ3) is 4.03. The largest absolute Gasteiger partial charge is 0.327 e. The van der Waals surface area contributed by atoms with E-state index in [0.29, 0.717) is 24.9 Å². The Balaban J connectivity index is 2.51. The Morgan fingerprint density at radius 3 is 2.56 bits per heavy atom. The molecule has 2 N–H and O–H groups in total. The van der Waals surface area contributed by atoms with Gasteiger partial charge in [-0.1, -0.05) is 13.8 Å². The van der Waals surface area contributed by atoms with Crippen molar-refractivity contribution in [1.82, 2.24) is 4.31 Å². The van der Waals surface area contributed by atoms with Crippen LogP contribution in [-0.2, 0) is 10.0 Å². The normalized spacial score (nSPS) is 25.9. The lowest BCUT2D eigenvalue weighted by Crippen LogP contribution is -2.41. The number of hydrogen-bond acceptors (Lipinski definition) is 3. The van der Waals surface area contributed by atoms with E-state index < -0.39 is 10.0 Å². The molecule has 4 nitrogen and oxygen atoms in total. The molecule has 2 unspecified atom stereocenters. The zero-order valence-corrected chi connectivity index (χ0v) is 11.3. The van der Waals surface area contributed by atoms with Crippen LogP contribution in [0.2, 0.25) is 0 Å². The second-order valence-corrected chi connectivity index (χ2v) is 7.26. The van der Waals surface area contributed by atoms with Crippen LogP contribution in [0.15, 0.2) is 0 Å². The van der Waals surface area contributed by atoms with Crippen LogP contribution >= 0.6 is 0 Å². The van der Waals surface area contributed by atoms with Crippen molar-refractivity contribution >= 4 is 10.0 Å². The summed E-state index contributed by atoms with van der Waals surface area (Å²) < 4.78 is 24.5. The average molecular weight is 248 g/mol. The maximum Gasteiger partial charge on any atom is 0.211 e. The maximum absolute atomic E-state index is 11.4. The highest BCUT2D eigenvalue weighted by Gasteiger charge is 2.27. The van der Waals surface area contributed by atoms with E-state index in [1.54, 1.807) is 4.31 Å². The summed E-state index contributed by atoms with van der Waals surface area (Å²) in [5, 5.41) is 0.